The second kappa shape index (κ2) is 5.85. The van der Waals surface area contributed by atoms with Crippen molar-refractivity contribution in [1.29, 1.82) is 0 Å². The van der Waals surface area contributed by atoms with Crippen LogP contribution >= 0.6 is 11.6 Å². The van der Waals surface area contributed by atoms with E-state index in [0.29, 0.717) is 16.7 Å². The number of halogens is 1. The van der Waals surface area contributed by atoms with Crippen LogP contribution in [-0.4, -0.2) is 36.3 Å². The molecule has 1 aliphatic heterocycles. The molecular weight excluding hydrogens is 276 g/mol. The zero-order chi connectivity index (χ0) is 13.9. The number of benzene rings is 1. The summed E-state index contributed by atoms with van der Waals surface area (Å²) < 4.78 is 11.2. The summed E-state index contributed by atoms with van der Waals surface area (Å²) in [5.41, 5.74) is 0.942. The third kappa shape index (κ3) is 3.14. The van der Waals surface area contributed by atoms with Crippen LogP contribution in [0.3, 0.4) is 0 Å². The minimum absolute atomic E-state index is 0.192. The molecule has 1 fully saturated rings. The molecule has 1 unspecified atom stereocenters. The maximum absolute atomic E-state index is 5.88. The molecule has 1 aromatic carbocycles. The van der Waals surface area contributed by atoms with E-state index in [-0.39, 0.29) is 6.10 Å². The summed E-state index contributed by atoms with van der Waals surface area (Å²) in [4.78, 5) is 2.27. The molecular formula is C15H17ClN2O2. The molecule has 1 saturated heterocycles. The molecule has 2 heterocycles. The van der Waals surface area contributed by atoms with Crippen LogP contribution in [-0.2, 0) is 0 Å². The number of hydrogen-bond acceptors (Lipinski definition) is 4. The van der Waals surface area contributed by atoms with Gasteiger partial charge in [-0.1, -0.05) is 11.6 Å². The lowest BCUT2D eigenvalue weighted by molar-refractivity contribution is 0.0963. The highest BCUT2D eigenvalue weighted by atomic mass is 35.5. The summed E-state index contributed by atoms with van der Waals surface area (Å²) >= 11 is 5.87. The molecule has 1 atom stereocenters. The van der Waals surface area contributed by atoms with Crippen molar-refractivity contribution in [1.82, 2.24) is 10.1 Å². The van der Waals surface area contributed by atoms with Gasteiger partial charge in [-0.3, -0.25) is 0 Å². The van der Waals surface area contributed by atoms with Gasteiger partial charge >= 0.3 is 0 Å². The minimum atomic E-state index is 0.192. The predicted octanol–water partition coefficient (Wildman–Crippen LogP) is 3.47. The van der Waals surface area contributed by atoms with Gasteiger partial charge < -0.3 is 14.2 Å². The summed E-state index contributed by atoms with van der Waals surface area (Å²) in [5, 5.41) is 4.69. The third-order valence-corrected chi connectivity index (χ3v) is 3.74. The Bertz CT molecular complexity index is 568. The topological polar surface area (TPSA) is 38.5 Å². The molecule has 0 aliphatic carbocycles. The van der Waals surface area contributed by atoms with Crippen molar-refractivity contribution < 1.29 is 9.26 Å². The standard InChI is InChI=1S/C15H17ClN2O2/c1-18-8-2-3-13(10-18)19-15-9-14(20-17-15)11-4-6-12(16)7-5-11/h4-7,9,13H,2-3,8,10H2,1H3. The summed E-state index contributed by atoms with van der Waals surface area (Å²) in [5.74, 6) is 1.25. The van der Waals surface area contributed by atoms with Crippen molar-refractivity contribution in [2.24, 2.45) is 0 Å². The molecule has 3 rings (SSSR count). The van der Waals surface area contributed by atoms with E-state index >= 15 is 0 Å². The van der Waals surface area contributed by atoms with Gasteiger partial charge in [-0.05, 0) is 55.9 Å². The van der Waals surface area contributed by atoms with Crippen molar-refractivity contribution >= 4 is 11.6 Å². The number of ether oxygens (including phenoxy) is 1. The Labute approximate surface area is 123 Å². The molecule has 1 aromatic heterocycles. The SMILES string of the molecule is CN1CCCC(Oc2cc(-c3ccc(Cl)cc3)on2)C1. The van der Waals surface area contributed by atoms with Gasteiger partial charge in [0, 0.05) is 23.2 Å². The first-order valence-electron chi connectivity index (χ1n) is 6.78. The second-order valence-electron chi connectivity index (χ2n) is 5.18. The lowest BCUT2D eigenvalue weighted by Crippen LogP contribution is -2.38. The first kappa shape index (κ1) is 13.5. The molecule has 0 spiro atoms. The summed E-state index contributed by atoms with van der Waals surface area (Å²) in [7, 11) is 2.11. The van der Waals surface area contributed by atoms with Gasteiger partial charge in [0.1, 0.15) is 6.10 Å². The molecule has 0 radical (unpaired) electrons. The first-order valence-corrected chi connectivity index (χ1v) is 7.16. The van der Waals surface area contributed by atoms with E-state index in [0.717, 1.165) is 31.5 Å². The Kier molecular flexibility index (Phi) is 3.94. The molecule has 2 aromatic rings. The fourth-order valence-electron chi connectivity index (χ4n) is 2.45. The van der Waals surface area contributed by atoms with Gasteiger partial charge in [0.05, 0.1) is 0 Å². The van der Waals surface area contributed by atoms with Crippen LogP contribution in [0.2, 0.25) is 5.02 Å². The zero-order valence-electron chi connectivity index (χ0n) is 11.4. The van der Waals surface area contributed by atoms with Gasteiger partial charge in [0.2, 0.25) is 0 Å². The largest absolute Gasteiger partial charge is 0.471 e. The van der Waals surface area contributed by atoms with Crippen LogP contribution in [0.15, 0.2) is 34.9 Å². The van der Waals surface area contributed by atoms with E-state index in [1.165, 1.54) is 0 Å². The number of aromatic nitrogens is 1. The quantitative estimate of drug-likeness (QED) is 0.868. The Morgan fingerprint density at radius 2 is 2.15 bits per heavy atom. The monoisotopic (exact) mass is 292 g/mol. The smallest absolute Gasteiger partial charge is 0.255 e. The van der Waals surface area contributed by atoms with Gasteiger partial charge in [0.15, 0.2) is 5.76 Å². The van der Waals surface area contributed by atoms with E-state index in [4.69, 9.17) is 20.9 Å². The average molecular weight is 293 g/mol. The minimum Gasteiger partial charge on any atom is -0.471 e. The highest BCUT2D eigenvalue weighted by molar-refractivity contribution is 6.30. The fraction of sp³-hybridized carbons (Fsp3) is 0.400. The Morgan fingerprint density at radius 1 is 1.35 bits per heavy atom. The molecule has 0 amide bonds. The number of rotatable bonds is 3. The molecule has 4 nitrogen and oxygen atoms in total. The van der Waals surface area contributed by atoms with E-state index in [9.17, 15) is 0 Å². The van der Waals surface area contributed by atoms with Gasteiger partial charge in [0.25, 0.3) is 5.88 Å². The number of likely N-dealkylation sites (N-methyl/N-ethyl adjacent to an activating group) is 1. The summed E-state index contributed by atoms with van der Waals surface area (Å²) in [6, 6.07) is 9.30. The molecule has 1 aliphatic rings. The van der Waals surface area contributed by atoms with E-state index in [1.807, 2.05) is 30.3 Å². The normalized spacial score (nSPS) is 20.0. The zero-order valence-corrected chi connectivity index (χ0v) is 12.1. The van der Waals surface area contributed by atoms with Crippen LogP contribution in [0, 0.1) is 0 Å². The van der Waals surface area contributed by atoms with Crippen LogP contribution in [0.1, 0.15) is 12.8 Å². The van der Waals surface area contributed by atoms with Crippen molar-refractivity contribution in [2.75, 3.05) is 20.1 Å². The molecule has 5 heteroatoms. The van der Waals surface area contributed by atoms with Gasteiger partial charge in [-0.25, -0.2) is 0 Å². The first-order chi connectivity index (χ1) is 9.70. The van der Waals surface area contributed by atoms with Crippen molar-refractivity contribution in [3.63, 3.8) is 0 Å². The summed E-state index contributed by atoms with van der Waals surface area (Å²) in [6.45, 7) is 2.07. The van der Waals surface area contributed by atoms with E-state index in [2.05, 4.69) is 17.1 Å². The van der Waals surface area contributed by atoms with Crippen LogP contribution in [0.25, 0.3) is 11.3 Å². The highest BCUT2D eigenvalue weighted by Crippen LogP contribution is 2.26. The number of nitrogens with zero attached hydrogens (tertiary/aromatic N) is 2. The summed E-state index contributed by atoms with van der Waals surface area (Å²) in [6.07, 6.45) is 2.41. The van der Waals surface area contributed by atoms with E-state index < -0.39 is 0 Å². The van der Waals surface area contributed by atoms with Gasteiger partial charge in [-0.15, -0.1) is 0 Å². The Morgan fingerprint density at radius 3 is 2.90 bits per heavy atom. The lowest BCUT2D eigenvalue weighted by Gasteiger charge is -2.28. The van der Waals surface area contributed by atoms with Crippen molar-refractivity contribution in [3.8, 4) is 17.2 Å². The van der Waals surface area contributed by atoms with Crippen LogP contribution < -0.4 is 4.74 Å². The molecule has 0 bridgehead atoms. The number of piperidine rings is 1. The predicted molar refractivity (Wildman–Crippen MR) is 78.1 cm³/mol. The molecule has 0 N–H and O–H groups in total. The average Bonchev–Trinajstić information content (AvgIpc) is 2.88. The maximum atomic E-state index is 5.88. The molecule has 0 saturated carbocycles. The van der Waals surface area contributed by atoms with Crippen LogP contribution in [0.4, 0.5) is 0 Å². The third-order valence-electron chi connectivity index (χ3n) is 3.49. The molecule has 106 valence electrons. The lowest BCUT2D eigenvalue weighted by atomic mass is 10.1. The molecule has 20 heavy (non-hydrogen) atoms. The van der Waals surface area contributed by atoms with E-state index in [1.54, 1.807) is 0 Å². The Balaban J connectivity index is 1.69. The number of hydrogen-bond donors (Lipinski definition) is 0. The van der Waals surface area contributed by atoms with Gasteiger partial charge in [-0.2, -0.15) is 0 Å². The second-order valence-corrected chi connectivity index (χ2v) is 5.62. The fourth-order valence-corrected chi connectivity index (χ4v) is 2.58. The van der Waals surface area contributed by atoms with Crippen molar-refractivity contribution in [2.45, 2.75) is 18.9 Å². The number of likely N-dealkylation sites (tertiary alicyclic amines) is 1. The Hall–Kier alpha value is -1.52. The van der Waals surface area contributed by atoms with Crippen molar-refractivity contribution in [3.05, 3.63) is 35.4 Å². The highest BCUT2D eigenvalue weighted by Gasteiger charge is 2.20. The maximum Gasteiger partial charge on any atom is 0.255 e. The van der Waals surface area contributed by atoms with Crippen LogP contribution in [0.5, 0.6) is 5.88 Å².